The molecule has 0 saturated carbocycles. The zero-order chi connectivity index (χ0) is 22.3. The number of hydrogen-bond acceptors (Lipinski definition) is 3. The van der Waals surface area contributed by atoms with E-state index in [0.717, 1.165) is 22.4 Å². The third kappa shape index (κ3) is 5.31. The van der Waals surface area contributed by atoms with Gasteiger partial charge in [-0.05, 0) is 48.0 Å². The van der Waals surface area contributed by atoms with Crippen molar-refractivity contribution in [2.45, 2.75) is 13.0 Å². The Bertz CT molecular complexity index is 1260. The Morgan fingerprint density at radius 1 is 0.938 bits per heavy atom. The van der Waals surface area contributed by atoms with Gasteiger partial charge in [-0.2, -0.15) is 0 Å². The number of para-hydroxylation sites is 2. The van der Waals surface area contributed by atoms with E-state index in [-0.39, 0.29) is 18.2 Å². The third-order valence-corrected chi connectivity index (χ3v) is 5.33. The lowest BCUT2D eigenvalue weighted by molar-refractivity contribution is -0.116. The number of fused-ring (bicyclic) bond motifs is 1. The van der Waals surface area contributed by atoms with Gasteiger partial charge in [-0.1, -0.05) is 54.1 Å². The van der Waals surface area contributed by atoms with Crippen LogP contribution in [0.3, 0.4) is 0 Å². The number of halogens is 1. The zero-order valence-electron chi connectivity index (χ0n) is 17.4. The molecule has 0 spiro atoms. The number of carbonyl (C=O) groups is 2. The van der Waals surface area contributed by atoms with Gasteiger partial charge in [0.25, 0.3) is 0 Å². The Balaban J connectivity index is 1.45. The van der Waals surface area contributed by atoms with Gasteiger partial charge in [0.2, 0.25) is 5.91 Å². The molecule has 0 aliphatic heterocycles. The molecule has 0 aliphatic rings. The lowest BCUT2D eigenvalue weighted by Gasteiger charge is -2.09. The minimum atomic E-state index is -0.172. The van der Waals surface area contributed by atoms with Crippen molar-refractivity contribution in [2.24, 2.45) is 0 Å². The number of imidazole rings is 1. The monoisotopic (exact) mass is 443 g/mol. The maximum atomic E-state index is 12.9. The van der Waals surface area contributed by atoms with Crippen LogP contribution in [0.5, 0.6) is 0 Å². The van der Waals surface area contributed by atoms with Crippen molar-refractivity contribution < 1.29 is 9.59 Å². The Morgan fingerprint density at radius 3 is 2.44 bits per heavy atom. The van der Waals surface area contributed by atoms with Crippen LogP contribution in [0.1, 0.15) is 21.7 Å². The summed E-state index contributed by atoms with van der Waals surface area (Å²) < 4.78 is 1.91. The molecule has 0 atom stereocenters. The summed E-state index contributed by atoms with van der Waals surface area (Å²) in [6, 6.07) is 24.2. The summed E-state index contributed by atoms with van der Waals surface area (Å²) in [7, 11) is 0. The number of carbonyl (C=O) groups excluding carboxylic acids is 2. The summed E-state index contributed by atoms with van der Waals surface area (Å²) in [5.74, 6) is 0.551. The number of nitrogens with zero attached hydrogens (tertiary/aromatic N) is 2. The molecule has 4 rings (SSSR count). The first-order chi connectivity index (χ1) is 15.6. The van der Waals surface area contributed by atoms with Crippen molar-refractivity contribution >= 4 is 40.4 Å². The fraction of sp³-hybridized carbons (Fsp3) is 0.115. The van der Waals surface area contributed by atoms with Crippen molar-refractivity contribution in [3.63, 3.8) is 0 Å². The van der Waals surface area contributed by atoms with E-state index < -0.39 is 0 Å². The van der Waals surface area contributed by atoms with E-state index in [1.54, 1.807) is 30.3 Å². The van der Waals surface area contributed by atoms with Crippen molar-refractivity contribution in [2.75, 3.05) is 6.54 Å². The van der Waals surface area contributed by atoms with Crippen LogP contribution >= 0.6 is 11.6 Å². The number of benzene rings is 3. The van der Waals surface area contributed by atoms with Crippen LogP contribution in [0.25, 0.3) is 17.1 Å². The predicted octanol–water partition coefficient (Wildman–Crippen LogP) is 4.94. The number of nitrogens with one attached hydrogen (secondary N) is 1. The molecule has 1 aromatic heterocycles. The van der Waals surface area contributed by atoms with Gasteiger partial charge in [0.1, 0.15) is 5.82 Å². The highest BCUT2D eigenvalue weighted by atomic mass is 35.5. The van der Waals surface area contributed by atoms with E-state index in [2.05, 4.69) is 10.3 Å². The van der Waals surface area contributed by atoms with Gasteiger partial charge in [0.15, 0.2) is 5.78 Å². The van der Waals surface area contributed by atoms with Crippen LogP contribution < -0.4 is 5.32 Å². The van der Waals surface area contributed by atoms with Gasteiger partial charge in [0.05, 0.1) is 17.6 Å². The SMILES string of the molecule is O=C(/C=C/c1ccccc1)NCCc1nc2ccccc2n1CC(=O)c1ccc(Cl)cc1. The standard InChI is InChI=1S/C26H22ClN3O2/c27-21-13-11-20(12-14-21)24(31)18-30-23-9-5-4-8-22(23)29-25(30)16-17-28-26(32)15-10-19-6-2-1-3-7-19/h1-15H,16-18H2,(H,28,32)/b15-10+. The Hall–Kier alpha value is -3.70. The summed E-state index contributed by atoms with van der Waals surface area (Å²) in [4.78, 5) is 29.7. The maximum absolute atomic E-state index is 12.9. The average molecular weight is 444 g/mol. The molecule has 5 nitrogen and oxygen atoms in total. The number of Topliss-reactive ketones (excluding diaryl/α,β-unsaturated/α-hetero) is 1. The number of rotatable bonds is 8. The summed E-state index contributed by atoms with van der Waals surface area (Å²) in [6.07, 6.45) is 3.80. The van der Waals surface area contributed by atoms with E-state index in [1.165, 1.54) is 6.08 Å². The topological polar surface area (TPSA) is 64.0 Å². The van der Waals surface area contributed by atoms with Crippen LogP contribution in [-0.4, -0.2) is 27.8 Å². The highest BCUT2D eigenvalue weighted by molar-refractivity contribution is 6.30. The minimum Gasteiger partial charge on any atom is -0.352 e. The number of hydrogen-bond donors (Lipinski definition) is 1. The largest absolute Gasteiger partial charge is 0.352 e. The molecule has 0 radical (unpaired) electrons. The average Bonchev–Trinajstić information content (AvgIpc) is 3.16. The number of amides is 1. The molecule has 160 valence electrons. The lowest BCUT2D eigenvalue weighted by atomic mass is 10.1. The molecule has 1 heterocycles. The molecule has 6 heteroatoms. The van der Waals surface area contributed by atoms with E-state index in [0.29, 0.717) is 23.6 Å². The normalized spacial score (nSPS) is 11.2. The van der Waals surface area contributed by atoms with Gasteiger partial charge in [-0.25, -0.2) is 4.98 Å². The van der Waals surface area contributed by atoms with E-state index >= 15 is 0 Å². The number of ketones is 1. The van der Waals surface area contributed by atoms with E-state index in [9.17, 15) is 9.59 Å². The van der Waals surface area contributed by atoms with E-state index in [1.807, 2.05) is 59.2 Å². The lowest BCUT2D eigenvalue weighted by Crippen LogP contribution is -2.25. The summed E-state index contributed by atoms with van der Waals surface area (Å²) >= 11 is 5.94. The summed E-state index contributed by atoms with van der Waals surface area (Å²) in [5.41, 5.74) is 3.27. The van der Waals surface area contributed by atoms with Crippen molar-refractivity contribution in [3.8, 4) is 0 Å². The number of aromatic nitrogens is 2. The fourth-order valence-corrected chi connectivity index (χ4v) is 3.58. The van der Waals surface area contributed by atoms with Crippen molar-refractivity contribution in [1.82, 2.24) is 14.9 Å². The quantitative estimate of drug-likeness (QED) is 0.309. The summed E-state index contributed by atoms with van der Waals surface area (Å²) in [5, 5.41) is 3.48. The molecule has 1 N–H and O–H groups in total. The van der Waals surface area contributed by atoms with Crippen LogP contribution in [0.15, 0.2) is 84.9 Å². The van der Waals surface area contributed by atoms with Gasteiger partial charge in [-0.15, -0.1) is 0 Å². The predicted molar refractivity (Wildman–Crippen MR) is 128 cm³/mol. The first-order valence-electron chi connectivity index (χ1n) is 10.3. The molecular weight excluding hydrogens is 422 g/mol. The molecule has 0 fully saturated rings. The first-order valence-corrected chi connectivity index (χ1v) is 10.7. The molecule has 1 amide bonds. The smallest absolute Gasteiger partial charge is 0.244 e. The second-order valence-electron chi connectivity index (χ2n) is 7.32. The molecule has 32 heavy (non-hydrogen) atoms. The Kier molecular flexibility index (Phi) is 6.78. The zero-order valence-corrected chi connectivity index (χ0v) is 18.1. The molecule has 0 aliphatic carbocycles. The van der Waals surface area contributed by atoms with Gasteiger partial charge < -0.3 is 9.88 Å². The maximum Gasteiger partial charge on any atom is 0.244 e. The second-order valence-corrected chi connectivity index (χ2v) is 7.75. The molecule has 0 saturated heterocycles. The second kappa shape index (κ2) is 10.1. The molecule has 0 bridgehead atoms. The van der Waals surface area contributed by atoms with E-state index in [4.69, 9.17) is 11.6 Å². The molecular formula is C26H22ClN3O2. The van der Waals surface area contributed by atoms with Gasteiger partial charge in [-0.3, -0.25) is 9.59 Å². The van der Waals surface area contributed by atoms with Crippen molar-refractivity contribution in [3.05, 3.63) is 107 Å². The Morgan fingerprint density at radius 2 is 1.66 bits per heavy atom. The summed E-state index contributed by atoms with van der Waals surface area (Å²) in [6.45, 7) is 0.579. The highest BCUT2D eigenvalue weighted by Crippen LogP contribution is 2.18. The Labute approximate surface area is 191 Å². The molecule has 0 unspecified atom stereocenters. The first kappa shape index (κ1) is 21.5. The minimum absolute atomic E-state index is 0.0269. The van der Waals surface area contributed by atoms with Crippen LogP contribution in [0, 0.1) is 0 Å². The van der Waals surface area contributed by atoms with Crippen LogP contribution in [0.4, 0.5) is 0 Å². The third-order valence-electron chi connectivity index (χ3n) is 5.08. The fourth-order valence-electron chi connectivity index (χ4n) is 3.46. The van der Waals surface area contributed by atoms with Gasteiger partial charge >= 0.3 is 0 Å². The van der Waals surface area contributed by atoms with Crippen molar-refractivity contribution in [1.29, 1.82) is 0 Å². The van der Waals surface area contributed by atoms with Gasteiger partial charge in [0, 0.05) is 29.6 Å². The highest BCUT2D eigenvalue weighted by Gasteiger charge is 2.15. The van der Waals surface area contributed by atoms with Crippen LogP contribution in [0.2, 0.25) is 5.02 Å². The molecule has 4 aromatic rings. The van der Waals surface area contributed by atoms with Crippen LogP contribution in [-0.2, 0) is 17.8 Å². The molecule has 3 aromatic carbocycles.